The van der Waals surface area contributed by atoms with Crippen molar-refractivity contribution in [1.29, 1.82) is 0 Å². The summed E-state index contributed by atoms with van der Waals surface area (Å²) in [4.78, 5) is 21.1. The second kappa shape index (κ2) is 9.34. The van der Waals surface area contributed by atoms with Crippen molar-refractivity contribution in [1.82, 2.24) is 5.32 Å². The van der Waals surface area contributed by atoms with E-state index in [0.717, 1.165) is 11.8 Å². The van der Waals surface area contributed by atoms with Gasteiger partial charge in [0.15, 0.2) is 0 Å². The lowest BCUT2D eigenvalue weighted by atomic mass is 10.6. The smallest absolute Gasteiger partial charge is 0.313 e. The first-order valence-electron chi connectivity index (χ1n) is 4.44. The van der Waals surface area contributed by atoms with Crippen molar-refractivity contribution >= 4 is 23.6 Å². The normalized spacial score (nSPS) is 10.4. The van der Waals surface area contributed by atoms with Crippen molar-refractivity contribution in [2.45, 2.75) is 6.43 Å². The molecule has 0 spiro atoms. The highest BCUT2D eigenvalue weighted by atomic mass is 32.2. The van der Waals surface area contributed by atoms with Gasteiger partial charge < -0.3 is 15.2 Å². The Morgan fingerprint density at radius 3 is 2.62 bits per heavy atom. The first kappa shape index (κ1) is 15.1. The number of carboxylic acids is 1. The number of rotatable bonds is 9. The summed E-state index contributed by atoms with van der Waals surface area (Å²) in [5.74, 6) is -1.44. The van der Waals surface area contributed by atoms with Crippen LogP contribution in [-0.4, -0.2) is 54.7 Å². The molecule has 0 aromatic carbocycles. The number of ether oxygens (including phenoxy) is 1. The lowest BCUT2D eigenvalue weighted by Gasteiger charge is -2.05. The number of carboxylic acid groups (broad SMARTS) is 1. The molecule has 0 unspecified atom stereocenters. The van der Waals surface area contributed by atoms with Crippen LogP contribution < -0.4 is 5.32 Å². The standard InChI is InChI=1S/C8H13F2NO4S/c9-6(10)3-15-2-1-11-7(12)4-16-5-8(13)14/h6H,1-5H2,(H,11,12)(H,13,14). The molecule has 0 fully saturated rings. The average molecular weight is 257 g/mol. The third-order valence-corrected chi connectivity index (χ3v) is 2.19. The van der Waals surface area contributed by atoms with Crippen molar-refractivity contribution in [3.05, 3.63) is 0 Å². The van der Waals surface area contributed by atoms with E-state index in [-0.39, 0.29) is 30.6 Å². The SMILES string of the molecule is O=C(O)CSCC(=O)NCCOCC(F)F. The van der Waals surface area contributed by atoms with Crippen LogP contribution in [0.2, 0.25) is 0 Å². The van der Waals surface area contributed by atoms with E-state index in [1.54, 1.807) is 0 Å². The summed E-state index contributed by atoms with van der Waals surface area (Å²) in [7, 11) is 0. The number of hydrogen-bond acceptors (Lipinski definition) is 4. The molecule has 2 N–H and O–H groups in total. The number of halogens is 2. The molecule has 94 valence electrons. The van der Waals surface area contributed by atoms with Gasteiger partial charge in [-0.1, -0.05) is 0 Å². The maximum Gasteiger partial charge on any atom is 0.313 e. The quantitative estimate of drug-likeness (QED) is 0.577. The molecule has 0 aromatic rings. The molecule has 0 atom stereocenters. The number of amides is 1. The molecule has 0 saturated heterocycles. The number of carbonyl (C=O) groups is 2. The van der Waals surface area contributed by atoms with Crippen LogP contribution in [0.15, 0.2) is 0 Å². The van der Waals surface area contributed by atoms with Gasteiger partial charge in [-0.3, -0.25) is 9.59 Å². The molecular weight excluding hydrogens is 244 g/mol. The number of carbonyl (C=O) groups excluding carboxylic acids is 1. The predicted octanol–water partition coefficient (Wildman–Crippen LogP) is 0.202. The molecule has 0 radical (unpaired) electrons. The molecule has 0 saturated carbocycles. The monoisotopic (exact) mass is 257 g/mol. The molecule has 0 bridgehead atoms. The van der Waals surface area contributed by atoms with E-state index in [1.807, 2.05) is 0 Å². The summed E-state index contributed by atoms with van der Waals surface area (Å²) in [6.07, 6.45) is -2.51. The zero-order valence-electron chi connectivity index (χ0n) is 8.45. The Labute approximate surface area is 95.5 Å². The molecule has 0 aromatic heterocycles. The lowest BCUT2D eigenvalue weighted by Crippen LogP contribution is -2.29. The molecule has 0 heterocycles. The van der Waals surface area contributed by atoms with Gasteiger partial charge in [0.25, 0.3) is 6.43 Å². The Bertz CT molecular complexity index is 228. The van der Waals surface area contributed by atoms with Crippen molar-refractivity contribution in [3.8, 4) is 0 Å². The van der Waals surface area contributed by atoms with Crippen LogP contribution in [0, 0.1) is 0 Å². The molecule has 8 heteroatoms. The van der Waals surface area contributed by atoms with E-state index in [2.05, 4.69) is 10.1 Å². The van der Waals surface area contributed by atoms with Crippen molar-refractivity contribution in [2.24, 2.45) is 0 Å². The molecule has 5 nitrogen and oxygen atoms in total. The second-order valence-electron chi connectivity index (χ2n) is 2.70. The van der Waals surface area contributed by atoms with Crippen molar-refractivity contribution in [3.63, 3.8) is 0 Å². The van der Waals surface area contributed by atoms with Gasteiger partial charge in [0, 0.05) is 6.54 Å². The third kappa shape index (κ3) is 11.2. The molecule has 16 heavy (non-hydrogen) atoms. The maximum absolute atomic E-state index is 11.6. The van der Waals surface area contributed by atoms with Crippen molar-refractivity contribution in [2.75, 3.05) is 31.3 Å². The summed E-state index contributed by atoms with van der Waals surface area (Å²) in [5.41, 5.74) is 0. The highest BCUT2D eigenvalue weighted by Gasteiger charge is 2.04. The fourth-order valence-corrected chi connectivity index (χ4v) is 1.28. The lowest BCUT2D eigenvalue weighted by molar-refractivity contribution is -0.133. The van der Waals surface area contributed by atoms with E-state index < -0.39 is 19.0 Å². The van der Waals surface area contributed by atoms with Gasteiger partial charge in [0.05, 0.1) is 18.1 Å². The number of nitrogens with one attached hydrogen (secondary N) is 1. The van der Waals surface area contributed by atoms with Crippen LogP contribution in [-0.2, 0) is 14.3 Å². The molecule has 0 aliphatic rings. The topological polar surface area (TPSA) is 75.6 Å². The summed E-state index contributed by atoms with van der Waals surface area (Å²) in [6, 6.07) is 0. The Kier molecular flexibility index (Phi) is 8.82. The first-order chi connectivity index (χ1) is 7.52. The Balaban J connectivity index is 3.27. The number of alkyl halides is 2. The fraction of sp³-hybridized carbons (Fsp3) is 0.750. The van der Waals surface area contributed by atoms with Crippen LogP contribution in [0.5, 0.6) is 0 Å². The number of hydrogen-bond donors (Lipinski definition) is 2. The Hall–Kier alpha value is -0.890. The van der Waals surface area contributed by atoms with Crippen LogP contribution in [0.1, 0.15) is 0 Å². The molecule has 1 amide bonds. The summed E-state index contributed by atoms with van der Waals surface area (Å²) >= 11 is 0.966. The highest BCUT2D eigenvalue weighted by molar-refractivity contribution is 8.00. The van der Waals surface area contributed by atoms with Crippen molar-refractivity contribution < 1.29 is 28.2 Å². The first-order valence-corrected chi connectivity index (χ1v) is 5.60. The van der Waals surface area contributed by atoms with Gasteiger partial charge >= 0.3 is 5.97 Å². The Morgan fingerprint density at radius 2 is 2.06 bits per heavy atom. The molecule has 0 rings (SSSR count). The van der Waals surface area contributed by atoms with Crippen LogP contribution in [0.3, 0.4) is 0 Å². The summed E-state index contributed by atoms with van der Waals surface area (Å²) in [5, 5.41) is 10.7. The average Bonchev–Trinajstić information content (AvgIpc) is 2.16. The third-order valence-electron chi connectivity index (χ3n) is 1.27. The van der Waals surface area contributed by atoms with Crippen LogP contribution in [0.25, 0.3) is 0 Å². The van der Waals surface area contributed by atoms with Gasteiger partial charge in [0.2, 0.25) is 5.91 Å². The van der Waals surface area contributed by atoms with E-state index in [0.29, 0.717) is 0 Å². The van der Waals surface area contributed by atoms with Crippen LogP contribution in [0.4, 0.5) is 8.78 Å². The minimum Gasteiger partial charge on any atom is -0.481 e. The van der Waals surface area contributed by atoms with Gasteiger partial charge in [-0.05, 0) is 0 Å². The van der Waals surface area contributed by atoms with Gasteiger partial charge in [0.1, 0.15) is 6.61 Å². The molecular formula is C8H13F2NO4S. The second-order valence-corrected chi connectivity index (χ2v) is 3.69. The molecule has 0 aliphatic carbocycles. The minimum atomic E-state index is -2.51. The summed E-state index contributed by atoms with van der Waals surface area (Å²) in [6.45, 7) is -0.498. The van der Waals surface area contributed by atoms with E-state index in [9.17, 15) is 18.4 Å². The zero-order valence-corrected chi connectivity index (χ0v) is 9.27. The fourth-order valence-electron chi connectivity index (χ4n) is 0.717. The van der Waals surface area contributed by atoms with E-state index in [1.165, 1.54) is 0 Å². The van der Waals surface area contributed by atoms with Gasteiger partial charge in [-0.25, -0.2) is 8.78 Å². The van der Waals surface area contributed by atoms with E-state index >= 15 is 0 Å². The zero-order chi connectivity index (χ0) is 12.4. The van der Waals surface area contributed by atoms with Crippen LogP contribution >= 0.6 is 11.8 Å². The predicted molar refractivity (Wildman–Crippen MR) is 54.8 cm³/mol. The minimum absolute atomic E-state index is 0.0136. The van der Waals surface area contributed by atoms with Gasteiger partial charge in [-0.15, -0.1) is 11.8 Å². The molecule has 0 aliphatic heterocycles. The largest absolute Gasteiger partial charge is 0.481 e. The number of aliphatic carboxylic acids is 1. The maximum atomic E-state index is 11.6. The summed E-state index contributed by atoms with van der Waals surface area (Å²) < 4.78 is 27.7. The van der Waals surface area contributed by atoms with Gasteiger partial charge in [-0.2, -0.15) is 0 Å². The highest BCUT2D eigenvalue weighted by Crippen LogP contribution is 1.97. The Morgan fingerprint density at radius 1 is 1.38 bits per heavy atom. The van der Waals surface area contributed by atoms with E-state index in [4.69, 9.17) is 5.11 Å². The number of thioether (sulfide) groups is 1.